The van der Waals surface area contributed by atoms with Gasteiger partial charge in [-0.1, -0.05) is 12.1 Å². The van der Waals surface area contributed by atoms with Gasteiger partial charge < -0.3 is 10.0 Å². The molecular formula is C17H28N2O. The molecule has 112 valence electrons. The smallest absolute Gasteiger partial charge is 0.115 e. The molecule has 2 unspecified atom stereocenters. The highest BCUT2D eigenvalue weighted by Gasteiger charge is 2.23. The number of piperidine rings is 1. The topological polar surface area (TPSA) is 26.7 Å². The third-order valence-corrected chi connectivity index (χ3v) is 4.66. The number of nitrogens with zero attached hydrogens (tertiary/aromatic N) is 2. The lowest BCUT2D eigenvalue weighted by Gasteiger charge is -2.39. The summed E-state index contributed by atoms with van der Waals surface area (Å²) < 4.78 is 0. The number of hydrogen-bond acceptors (Lipinski definition) is 3. The number of rotatable bonds is 5. The Morgan fingerprint density at radius 3 is 2.70 bits per heavy atom. The van der Waals surface area contributed by atoms with Crippen LogP contribution in [0.1, 0.15) is 31.7 Å². The third kappa shape index (κ3) is 4.22. The first-order valence-electron chi connectivity index (χ1n) is 7.74. The first-order chi connectivity index (χ1) is 9.56. The molecule has 3 heteroatoms. The average Bonchev–Trinajstić information content (AvgIpc) is 2.45. The van der Waals surface area contributed by atoms with Gasteiger partial charge >= 0.3 is 0 Å². The molecule has 0 radical (unpaired) electrons. The summed E-state index contributed by atoms with van der Waals surface area (Å²) in [6.45, 7) is 4.77. The second kappa shape index (κ2) is 7.09. The Kier molecular flexibility index (Phi) is 5.44. The summed E-state index contributed by atoms with van der Waals surface area (Å²) in [6.07, 6.45) is 4.89. The van der Waals surface area contributed by atoms with Crippen molar-refractivity contribution in [3.8, 4) is 5.75 Å². The minimum absolute atomic E-state index is 0.351. The number of likely N-dealkylation sites (tertiary alicyclic amines) is 1. The van der Waals surface area contributed by atoms with Gasteiger partial charge in [0.2, 0.25) is 0 Å². The third-order valence-electron chi connectivity index (χ3n) is 4.66. The van der Waals surface area contributed by atoms with Crippen molar-refractivity contribution in [1.82, 2.24) is 9.80 Å². The number of aromatic hydroxyl groups is 1. The predicted octanol–water partition coefficient (Wildman–Crippen LogP) is 2.74. The quantitative estimate of drug-likeness (QED) is 0.896. The predicted molar refractivity (Wildman–Crippen MR) is 84.2 cm³/mol. The molecule has 0 bridgehead atoms. The van der Waals surface area contributed by atoms with E-state index in [1.165, 1.54) is 37.9 Å². The van der Waals surface area contributed by atoms with Gasteiger partial charge in [-0.2, -0.15) is 0 Å². The molecule has 0 aromatic heterocycles. The Morgan fingerprint density at radius 2 is 2.05 bits per heavy atom. The Labute approximate surface area is 123 Å². The summed E-state index contributed by atoms with van der Waals surface area (Å²) in [7, 11) is 4.49. The fraction of sp³-hybridized carbons (Fsp3) is 0.647. The lowest BCUT2D eigenvalue weighted by Crippen LogP contribution is -2.48. The molecule has 1 heterocycles. The molecule has 1 aromatic carbocycles. The van der Waals surface area contributed by atoms with Gasteiger partial charge in [-0.15, -0.1) is 0 Å². The van der Waals surface area contributed by atoms with E-state index in [0.717, 1.165) is 6.42 Å². The van der Waals surface area contributed by atoms with E-state index in [4.69, 9.17) is 0 Å². The van der Waals surface area contributed by atoms with Gasteiger partial charge in [0.05, 0.1) is 0 Å². The molecule has 0 amide bonds. The molecule has 1 aliphatic rings. The maximum atomic E-state index is 9.30. The Bertz CT molecular complexity index is 404. The van der Waals surface area contributed by atoms with Crippen LogP contribution in [0.3, 0.4) is 0 Å². The van der Waals surface area contributed by atoms with Crippen LogP contribution in [0.2, 0.25) is 0 Å². The molecular weight excluding hydrogens is 248 g/mol. The Balaban J connectivity index is 1.81. The minimum atomic E-state index is 0.351. The van der Waals surface area contributed by atoms with Crippen molar-refractivity contribution in [3.63, 3.8) is 0 Å². The fourth-order valence-corrected chi connectivity index (χ4v) is 3.07. The van der Waals surface area contributed by atoms with Crippen LogP contribution in [0.25, 0.3) is 0 Å². The molecule has 1 aromatic rings. The monoisotopic (exact) mass is 276 g/mol. The molecule has 1 fully saturated rings. The molecule has 1 saturated heterocycles. The second-order valence-electron chi connectivity index (χ2n) is 6.28. The summed E-state index contributed by atoms with van der Waals surface area (Å²) >= 11 is 0. The first-order valence-corrected chi connectivity index (χ1v) is 7.74. The van der Waals surface area contributed by atoms with Crippen LogP contribution < -0.4 is 0 Å². The van der Waals surface area contributed by atoms with Gasteiger partial charge in [0.1, 0.15) is 5.75 Å². The van der Waals surface area contributed by atoms with Crippen molar-refractivity contribution in [1.29, 1.82) is 0 Å². The summed E-state index contributed by atoms with van der Waals surface area (Å²) in [6, 6.07) is 8.90. The highest BCUT2D eigenvalue weighted by Crippen LogP contribution is 2.18. The van der Waals surface area contributed by atoms with Gasteiger partial charge in [0, 0.05) is 18.6 Å². The SMILES string of the molecule is CC(CCc1ccc(O)cc1)N(C)C1CCCN(C)C1. The van der Waals surface area contributed by atoms with Crippen LogP contribution in [0.15, 0.2) is 24.3 Å². The van der Waals surface area contributed by atoms with Gasteiger partial charge in [-0.3, -0.25) is 4.90 Å². The lowest BCUT2D eigenvalue weighted by atomic mass is 10.0. The van der Waals surface area contributed by atoms with Crippen molar-refractivity contribution in [3.05, 3.63) is 29.8 Å². The van der Waals surface area contributed by atoms with Gasteiger partial charge in [0.25, 0.3) is 0 Å². The number of phenols is 1. The zero-order valence-corrected chi connectivity index (χ0v) is 13.0. The standard InChI is InChI=1S/C17H28N2O/c1-14(6-7-15-8-10-17(20)11-9-15)19(3)16-5-4-12-18(2)13-16/h8-11,14,16,20H,4-7,12-13H2,1-3H3. The maximum Gasteiger partial charge on any atom is 0.115 e. The minimum Gasteiger partial charge on any atom is -0.508 e. The summed E-state index contributed by atoms with van der Waals surface area (Å²) in [5, 5.41) is 9.30. The van der Waals surface area contributed by atoms with Crippen LogP contribution in [0, 0.1) is 0 Å². The van der Waals surface area contributed by atoms with E-state index >= 15 is 0 Å². The van der Waals surface area contributed by atoms with Gasteiger partial charge in [0.15, 0.2) is 0 Å². The largest absolute Gasteiger partial charge is 0.508 e. The van der Waals surface area contributed by atoms with E-state index in [2.05, 4.69) is 30.8 Å². The Morgan fingerprint density at radius 1 is 1.35 bits per heavy atom. The van der Waals surface area contributed by atoms with Crippen molar-refractivity contribution in [2.75, 3.05) is 27.2 Å². The fourth-order valence-electron chi connectivity index (χ4n) is 3.07. The summed E-state index contributed by atoms with van der Waals surface area (Å²) in [4.78, 5) is 4.99. The van der Waals surface area contributed by atoms with E-state index in [1.807, 2.05) is 12.1 Å². The van der Waals surface area contributed by atoms with Crippen LogP contribution >= 0.6 is 0 Å². The van der Waals surface area contributed by atoms with Crippen molar-refractivity contribution in [2.45, 2.75) is 44.7 Å². The first kappa shape index (κ1) is 15.3. The van der Waals surface area contributed by atoms with Gasteiger partial charge in [-0.05, 0) is 70.9 Å². The highest BCUT2D eigenvalue weighted by atomic mass is 16.3. The molecule has 1 aliphatic heterocycles. The second-order valence-corrected chi connectivity index (χ2v) is 6.28. The van der Waals surface area contributed by atoms with Gasteiger partial charge in [-0.25, -0.2) is 0 Å². The van der Waals surface area contributed by atoms with E-state index in [9.17, 15) is 5.11 Å². The number of likely N-dealkylation sites (N-methyl/N-ethyl adjacent to an activating group) is 2. The van der Waals surface area contributed by atoms with Crippen molar-refractivity contribution in [2.24, 2.45) is 0 Å². The summed E-state index contributed by atoms with van der Waals surface area (Å²) in [5.41, 5.74) is 1.31. The zero-order chi connectivity index (χ0) is 14.5. The maximum absolute atomic E-state index is 9.30. The molecule has 0 saturated carbocycles. The number of hydrogen-bond donors (Lipinski definition) is 1. The van der Waals surface area contributed by atoms with Crippen LogP contribution in [0.5, 0.6) is 5.75 Å². The van der Waals surface area contributed by atoms with Crippen molar-refractivity contribution < 1.29 is 5.11 Å². The number of phenolic OH excluding ortho intramolecular Hbond substituents is 1. The molecule has 0 aliphatic carbocycles. The molecule has 3 nitrogen and oxygen atoms in total. The lowest BCUT2D eigenvalue weighted by molar-refractivity contribution is 0.101. The zero-order valence-electron chi connectivity index (χ0n) is 13.0. The highest BCUT2D eigenvalue weighted by molar-refractivity contribution is 5.25. The van der Waals surface area contributed by atoms with E-state index in [1.54, 1.807) is 12.1 Å². The number of aryl methyl sites for hydroxylation is 1. The van der Waals surface area contributed by atoms with Crippen LogP contribution in [-0.4, -0.2) is 54.2 Å². The van der Waals surface area contributed by atoms with E-state index in [-0.39, 0.29) is 0 Å². The number of benzene rings is 1. The molecule has 20 heavy (non-hydrogen) atoms. The van der Waals surface area contributed by atoms with E-state index < -0.39 is 0 Å². The summed E-state index contributed by atoms with van der Waals surface area (Å²) in [5.74, 6) is 0.351. The molecule has 0 spiro atoms. The average molecular weight is 276 g/mol. The Hall–Kier alpha value is -1.06. The normalized spacial score (nSPS) is 22.1. The van der Waals surface area contributed by atoms with Crippen molar-refractivity contribution >= 4 is 0 Å². The molecule has 2 atom stereocenters. The van der Waals surface area contributed by atoms with Crippen LogP contribution in [0.4, 0.5) is 0 Å². The van der Waals surface area contributed by atoms with Crippen LogP contribution in [-0.2, 0) is 6.42 Å². The molecule has 1 N–H and O–H groups in total. The molecule has 2 rings (SSSR count). The van der Waals surface area contributed by atoms with E-state index in [0.29, 0.717) is 17.8 Å².